The lowest BCUT2D eigenvalue weighted by atomic mass is 10.3. The molecule has 0 spiro atoms. The third-order valence-corrected chi connectivity index (χ3v) is 4.27. The van der Waals surface area contributed by atoms with E-state index in [-0.39, 0.29) is 24.4 Å². The summed E-state index contributed by atoms with van der Waals surface area (Å²) in [6, 6.07) is 14.3. The Morgan fingerprint density at radius 1 is 1.00 bits per heavy atom. The fourth-order valence-electron chi connectivity index (χ4n) is 2.60. The van der Waals surface area contributed by atoms with Gasteiger partial charge in [0, 0.05) is 5.69 Å². The van der Waals surface area contributed by atoms with Crippen molar-refractivity contribution in [2.75, 3.05) is 18.5 Å². The van der Waals surface area contributed by atoms with Crippen LogP contribution < -0.4 is 14.8 Å². The van der Waals surface area contributed by atoms with Crippen LogP contribution in [0.2, 0.25) is 0 Å². The smallest absolute Gasteiger partial charge is 0.309 e. The highest BCUT2D eigenvalue weighted by Crippen LogP contribution is 2.38. The minimum absolute atomic E-state index is 0.0446. The third-order valence-electron chi connectivity index (χ3n) is 4.27. The number of carbonyl (C=O) groups is 2. The molecule has 2 atom stereocenters. The summed E-state index contributed by atoms with van der Waals surface area (Å²) in [7, 11) is 0. The molecule has 27 heavy (non-hydrogen) atoms. The van der Waals surface area contributed by atoms with Crippen LogP contribution in [0.25, 0.3) is 0 Å². The van der Waals surface area contributed by atoms with Crippen molar-refractivity contribution in [1.82, 2.24) is 0 Å². The molecule has 0 aromatic heterocycles. The van der Waals surface area contributed by atoms with Crippen LogP contribution in [0.15, 0.2) is 48.5 Å². The summed E-state index contributed by atoms with van der Waals surface area (Å²) >= 11 is 0. The van der Waals surface area contributed by atoms with E-state index < -0.39 is 0 Å². The number of amides is 1. The van der Waals surface area contributed by atoms with Crippen molar-refractivity contribution in [3.8, 4) is 17.2 Å². The zero-order valence-electron chi connectivity index (χ0n) is 15.4. The van der Waals surface area contributed by atoms with Crippen molar-refractivity contribution in [2.45, 2.75) is 20.3 Å². The second kappa shape index (κ2) is 8.58. The van der Waals surface area contributed by atoms with E-state index in [4.69, 9.17) is 14.2 Å². The van der Waals surface area contributed by atoms with Gasteiger partial charge in [0.05, 0.1) is 12.5 Å². The molecule has 2 aromatic rings. The normalized spacial score (nSPS) is 17.7. The van der Waals surface area contributed by atoms with E-state index in [2.05, 4.69) is 5.32 Å². The van der Waals surface area contributed by atoms with Gasteiger partial charge in [0.25, 0.3) is 5.91 Å². The monoisotopic (exact) mass is 369 g/mol. The number of hydrogen-bond donors (Lipinski definition) is 1. The van der Waals surface area contributed by atoms with Gasteiger partial charge in [-0.3, -0.25) is 9.59 Å². The summed E-state index contributed by atoms with van der Waals surface area (Å²) in [5.41, 5.74) is 0.606. The molecule has 6 nitrogen and oxygen atoms in total. The molecular weight excluding hydrogens is 346 g/mol. The van der Waals surface area contributed by atoms with Crippen LogP contribution in [-0.4, -0.2) is 25.1 Å². The van der Waals surface area contributed by atoms with E-state index in [1.807, 2.05) is 38.1 Å². The molecule has 1 saturated carbocycles. The first-order chi connectivity index (χ1) is 13.0. The lowest BCUT2D eigenvalue weighted by Gasteiger charge is -2.09. The Bertz CT molecular complexity index is 785. The van der Waals surface area contributed by atoms with Crippen molar-refractivity contribution in [3.63, 3.8) is 0 Å². The highest BCUT2D eigenvalue weighted by molar-refractivity contribution is 5.93. The number of rotatable bonds is 8. The van der Waals surface area contributed by atoms with Gasteiger partial charge in [-0.15, -0.1) is 0 Å². The van der Waals surface area contributed by atoms with Gasteiger partial charge in [0.15, 0.2) is 6.61 Å². The van der Waals surface area contributed by atoms with Gasteiger partial charge in [-0.1, -0.05) is 6.92 Å². The largest absolute Gasteiger partial charge is 0.494 e. The van der Waals surface area contributed by atoms with E-state index >= 15 is 0 Å². The molecular formula is C21H23NO5. The fourth-order valence-corrected chi connectivity index (χ4v) is 2.60. The maximum Gasteiger partial charge on any atom is 0.309 e. The molecule has 0 heterocycles. The summed E-state index contributed by atoms with van der Waals surface area (Å²) in [6.07, 6.45) is 0.844. The van der Waals surface area contributed by atoms with Gasteiger partial charge in [-0.25, -0.2) is 0 Å². The first-order valence-electron chi connectivity index (χ1n) is 9.02. The molecule has 1 amide bonds. The number of esters is 1. The van der Waals surface area contributed by atoms with Crippen molar-refractivity contribution in [1.29, 1.82) is 0 Å². The molecule has 1 fully saturated rings. The molecule has 2 aromatic carbocycles. The summed E-state index contributed by atoms with van der Waals surface area (Å²) < 4.78 is 16.2. The molecule has 3 rings (SSSR count). The molecule has 1 N–H and O–H groups in total. The van der Waals surface area contributed by atoms with Crippen molar-refractivity contribution < 1.29 is 23.8 Å². The fraction of sp³-hybridized carbons (Fsp3) is 0.333. The molecule has 1 aliphatic rings. The van der Waals surface area contributed by atoms with Crippen LogP contribution in [0.5, 0.6) is 17.2 Å². The molecule has 6 heteroatoms. The van der Waals surface area contributed by atoms with Gasteiger partial charge < -0.3 is 19.5 Å². The van der Waals surface area contributed by atoms with Crippen LogP contribution in [0.4, 0.5) is 5.69 Å². The van der Waals surface area contributed by atoms with Crippen LogP contribution in [0.3, 0.4) is 0 Å². The topological polar surface area (TPSA) is 73.9 Å². The van der Waals surface area contributed by atoms with Gasteiger partial charge in [-0.05, 0) is 67.8 Å². The van der Waals surface area contributed by atoms with Crippen LogP contribution in [-0.2, 0) is 14.3 Å². The highest BCUT2D eigenvalue weighted by atomic mass is 16.5. The Balaban J connectivity index is 1.46. The lowest BCUT2D eigenvalue weighted by molar-refractivity contribution is -0.148. The zero-order chi connectivity index (χ0) is 19.2. The average Bonchev–Trinajstić information content (AvgIpc) is 3.40. The number of ether oxygens (including phenoxy) is 3. The summed E-state index contributed by atoms with van der Waals surface area (Å²) in [4.78, 5) is 23.5. The summed E-state index contributed by atoms with van der Waals surface area (Å²) in [5, 5.41) is 2.69. The zero-order valence-corrected chi connectivity index (χ0v) is 15.4. The maximum atomic E-state index is 11.9. The first-order valence-corrected chi connectivity index (χ1v) is 9.02. The Morgan fingerprint density at radius 2 is 1.56 bits per heavy atom. The average molecular weight is 369 g/mol. The standard InChI is InChI=1S/C21H23NO5/c1-3-25-16-8-10-18(11-9-16)27-17-6-4-15(5-7-17)22-20(23)13-26-21(24)19-12-14(19)2/h4-11,14,19H,3,12-13H2,1-2H3,(H,22,23)/t14-,19-/m1/s1. The number of nitrogens with one attached hydrogen (secondary N) is 1. The van der Waals surface area contributed by atoms with Crippen LogP contribution in [0, 0.1) is 11.8 Å². The van der Waals surface area contributed by atoms with E-state index in [9.17, 15) is 9.59 Å². The van der Waals surface area contributed by atoms with Crippen molar-refractivity contribution in [2.24, 2.45) is 11.8 Å². The second-order valence-corrected chi connectivity index (χ2v) is 6.51. The Kier molecular flexibility index (Phi) is 5.96. The molecule has 0 aliphatic heterocycles. The number of benzene rings is 2. The summed E-state index contributed by atoms with van der Waals surface area (Å²) in [6.45, 7) is 4.27. The first kappa shape index (κ1) is 18.8. The predicted octanol–water partition coefficient (Wildman–Crippen LogP) is 4.02. The van der Waals surface area contributed by atoms with Gasteiger partial charge >= 0.3 is 5.97 Å². The van der Waals surface area contributed by atoms with E-state index in [0.717, 1.165) is 12.2 Å². The molecule has 1 aliphatic carbocycles. The Labute approximate surface area is 158 Å². The van der Waals surface area contributed by atoms with Gasteiger partial charge in [0.1, 0.15) is 17.2 Å². The third kappa shape index (κ3) is 5.48. The van der Waals surface area contributed by atoms with E-state index in [0.29, 0.717) is 29.7 Å². The Morgan fingerprint density at radius 3 is 2.11 bits per heavy atom. The highest BCUT2D eigenvalue weighted by Gasteiger charge is 2.40. The molecule has 0 saturated heterocycles. The minimum atomic E-state index is -0.364. The minimum Gasteiger partial charge on any atom is -0.494 e. The SMILES string of the molecule is CCOc1ccc(Oc2ccc(NC(=O)COC(=O)[C@@H]3C[C@H]3C)cc2)cc1. The van der Waals surface area contributed by atoms with E-state index in [1.165, 1.54) is 0 Å². The van der Waals surface area contributed by atoms with Gasteiger partial charge in [0.2, 0.25) is 0 Å². The van der Waals surface area contributed by atoms with Crippen LogP contribution >= 0.6 is 0 Å². The second-order valence-electron chi connectivity index (χ2n) is 6.51. The molecule has 0 unspecified atom stereocenters. The molecule has 142 valence electrons. The Hall–Kier alpha value is -3.02. The van der Waals surface area contributed by atoms with Gasteiger partial charge in [-0.2, -0.15) is 0 Å². The number of anilines is 1. The predicted molar refractivity (Wildman–Crippen MR) is 101 cm³/mol. The van der Waals surface area contributed by atoms with E-state index in [1.54, 1.807) is 24.3 Å². The summed E-state index contributed by atoms with van der Waals surface area (Å²) in [5.74, 6) is 1.79. The van der Waals surface area contributed by atoms with Crippen molar-refractivity contribution in [3.05, 3.63) is 48.5 Å². The quantitative estimate of drug-likeness (QED) is 0.712. The van der Waals surface area contributed by atoms with Crippen LogP contribution in [0.1, 0.15) is 20.3 Å². The van der Waals surface area contributed by atoms with Crippen molar-refractivity contribution >= 4 is 17.6 Å². The number of carbonyl (C=O) groups excluding carboxylic acids is 2. The molecule has 0 radical (unpaired) electrons. The maximum absolute atomic E-state index is 11.9. The number of hydrogen-bond acceptors (Lipinski definition) is 5. The lowest BCUT2D eigenvalue weighted by Crippen LogP contribution is -2.21. The molecule has 0 bridgehead atoms.